The van der Waals surface area contributed by atoms with Crippen molar-refractivity contribution >= 4 is 11.9 Å². The molecule has 6 heteroatoms. The molecule has 0 aliphatic carbocycles. The molecule has 0 aliphatic rings. The summed E-state index contributed by atoms with van der Waals surface area (Å²) in [4.78, 5) is 24.6. The maximum Gasteiger partial charge on any atom is 0.305 e. The predicted molar refractivity (Wildman–Crippen MR) is 380 cm³/mol. The summed E-state index contributed by atoms with van der Waals surface area (Å²) >= 11 is 0. The molecule has 510 valence electrons. The van der Waals surface area contributed by atoms with Crippen LogP contribution in [0.4, 0.5) is 0 Å². The van der Waals surface area contributed by atoms with E-state index >= 15 is 0 Å². The van der Waals surface area contributed by atoms with Crippen LogP contribution in [-0.4, -0.2) is 47.4 Å². The molecule has 0 spiro atoms. The minimum absolute atomic E-state index is 0.0120. The van der Waals surface area contributed by atoms with Crippen molar-refractivity contribution in [3.8, 4) is 0 Å². The van der Waals surface area contributed by atoms with E-state index < -0.39 is 12.1 Å². The van der Waals surface area contributed by atoms with Gasteiger partial charge in [-0.3, -0.25) is 9.59 Å². The van der Waals surface area contributed by atoms with Gasteiger partial charge in [-0.25, -0.2) is 0 Å². The first-order valence-electron chi connectivity index (χ1n) is 39.6. The molecule has 2 unspecified atom stereocenters. The third-order valence-electron chi connectivity index (χ3n) is 18.7. The summed E-state index contributed by atoms with van der Waals surface area (Å²) in [5, 5.41) is 23.3. The highest BCUT2D eigenvalue weighted by Crippen LogP contribution is 2.20. The second-order valence-corrected chi connectivity index (χ2v) is 27.4. The van der Waals surface area contributed by atoms with Crippen molar-refractivity contribution in [3.05, 3.63) is 24.3 Å². The van der Waals surface area contributed by atoms with E-state index in [2.05, 4.69) is 31.3 Å². The molecule has 0 aromatic carbocycles. The highest BCUT2D eigenvalue weighted by molar-refractivity contribution is 5.76. The van der Waals surface area contributed by atoms with E-state index in [-0.39, 0.29) is 18.5 Å². The van der Waals surface area contributed by atoms with Gasteiger partial charge in [-0.2, -0.15) is 0 Å². The summed E-state index contributed by atoms with van der Waals surface area (Å²) in [7, 11) is 0. The smallest absolute Gasteiger partial charge is 0.305 e. The van der Waals surface area contributed by atoms with Gasteiger partial charge < -0.3 is 20.3 Å². The Hall–Kier alpha value is -1.66. The van der Waals surface area contributed by atoms with Gasteiger partial charge in [0.15, 0.2) is 0 Å². The van der Waals surface area contributed by atoms with Gasteiger partial charge in [-0.1, -0.05) is 404 Å². The van der Waals surface area contributed by atoms with E-state index in [9.17, 15) is 19.8 Å². The van der Waals surface area contributed by atoms with E-state index in [4.69, 9.17) is 4.74 Å². The first-order valence-corrected chi connectivity index (χ1v) is 39.6. The highest BCUT2D eigenvalue weighted by atomic mass is 16.5. The summed E-state index contributed by atoms with van der Waals surface area (Å²) in [6.07, 6.45) is 97.3. The first-order chi connectivity index (χ1) is 42.5. The number of rotatable bonds is 75. The number of ether oxygens (including phenoxy) is 1. The Balaban J connectivity index is 3.36. The van der Waals surface area contributed by atoms with E-state index in [1.54, 1.807) is 6.08 Å². The number of nitrogens with one attached hydrogen (secondary N) is 1. The standard InChI is InChI=1S/C80H155NO5/c1-3-5-7-9-11-13-15-17-18-19-20-21-22-30-33-36-39-42-45-49-52-56-60-64-68-72-78(83)77(76-82)81-79(84)73-69-65-61-57-53-50-46-43-40-37-34-31-28-26-24-23-25-27-29-32-35-38-41-44-47-51-55-59-63-67-71-75-86-80(85)74-70-66-62-58-54-48-16-14-12-10-8-6-4-2/h14,16,68,72,77-78,82-83H,3-13,15,17-67,69-71,73-76H2,1-2H3,(H,81,84)/b16-14-,72-68+. The molecule has 2 atom stereocenters. The Morgan fingerprint density at radius 2 is 0.547 bits per heavy atom. The number of carbonyl (C=O) groups excluding carboxylic acids is 2. The number of allylic oxidation sites excluding steroid dienone is 3. The van der Waals surface area contributed by atoms with Crippen LogP contribution in [0.1, 0.15) is 450 Å². The molecule has 0 saturated heterocycles. The molecule has 0 aromatic rings. The number of unbranched alkanes of at least 4 members (excludes halogenated alkanes) is 62. The van der Waals surface area contributed by atoms with Crippen LogP contribution >= 0.6 is 0 Å². The van der Waals surface area contributed by atoms with Gasteiger partial charge in [0.25, 0.3) is 0 Å². The number of aliphatic hydroxyl groups is 2. The Labute approximate surface area is 539 Å². The van der Waals surface area contributed by atoms with Crippen molar-refractivity contribution in [2.24, 2.45) is 0 Å². The van der Waals surface area contributed by atoms with E-state index in [1.165, 1.54) is 379 Å². The molecule has 0 heterocycles. The number of amides is 1. The first kappa shape index (κ1) is 84.3. The lowest BCUT2D eigenvalue weighted by Crippen LogP contribution is -2.45. The van der Waals surface area contributed by atoms with Crippen molar-refractivity contribution in [3.63, 3.8) is 0 Å². The largest absolute Gasteiger partial charge is 0.466 e. The quantitative estimate of drug-likeness (QED) is 0.0320. The van der Waals surface area contributed by atoms with Gasteiger partial charge in [0.1, 0.15) is 0 Å². The lowest BCUT2D eigenvalue weighted by molar-refractivity contribution is -0.143. The molecule has 0 saturated carbocycles. The summed E-state index contributed by atoms with van der Waals surface area (Å²) in [5.74, 6) is -0.0463. The second kappa shape index (κ2) is 75.8. The van der Waals surface area contributed by atoms with Crippen LogP contribution in [0.5, 0.6) is 0 Å². The summed E-state index contributed by atoms with van der Waals surface area (Å²) in [6, 6.07) is -0.626. The highest BCUT2D eigenvalue weighted by Gasteiger charge is 2.18. The van der Waals surface area contributed by atoms with Crippen LogP contribution in [0.15, 0.2) is 24.3 Å². The van der Waals surface area contributed by atoms with Crippen LogP contribution in [0.2, 0.25) is 0 Å². The molecule has 0 bridgehead atoms. The molecule has 0 aliphatic heterocycles. The lowest BCUT2D eigenvalue weighted by atomic mass is 10.0. The van der Waals surface area contributed by atoms with E-state index in [0.717, 1.165) is 44.9 Å². The van der Waals surface area contributed by atoms with Crippen LogP contribution in [0.25, 0.3) is 0 Å². The number of esters is 1. The third kappa shape index (κ3) is 71.4. The molecule has 0 radical (unpaired) electrons. The van der Waals surface area contributed by atoms with Crippen LogP contribution in [0, 0.1) is 0 Å². The maximum atomic E-state index is 12.6. The van der Waals surface area contributed by atoms with Gasteiger partial charge >= 0.3 is 5.97 Å². The molecule has 1 amide bonds. The SMILES string of the molecule is CCCCCC/C=C\CCCCCCCC(=O)OCCCCCCCCCCCCCCCCCCCCCCCCCCCCCCCCCC(=O)NC(CO)C(O)/C=C/CCCCCCCCCCCCCCCCCCCCCCCCC. The number of carbonyl (C=O) groups is 2. The predicted octanol–water partition coefficient (Wildman–Crippen LogP) is 26.0. The molecule has 3 N–H and O–H groups in total. The van der Waals surface area contributed by atoms with Gasteiger partial charge in [-0.15, -0.1) is 0 Å². The summed E-state index contributed by atoms with van der Waals surface area (Å²) < 4.78 is 5.49. The number of hydrogen-bond acceptors (Lipinski definition) is 5. The topological polar surface area (TPSA) is 95.9 Å². The molecular formula is C80H155NO5. The summed E-state index contributed by atoms with van der Waals surface area (Å²) in [5.41, 5.74) is 0. The second-order valence-electron chi connectivity index (χ2n) is 27.4. The zero-order chi connectivity index (χ0) is 62.0. The summed E-state index contributed by atoms with van der Waals surface area (Å²) in [6.45, 7) is 4.94. The lowest BCUT2D eigenvalue weighted by Gasteiger charge is -2.20. The van der Waals surface area contributed by atoms with Gasteiger partial charge in [0, 0.05) is 12.8 Å². The average Bonchev–Trinajstić information content (AvgIpc) is 3.55. The Morgan fingerprint density at radius 3 is 0.837 bits per heavy atom. The molecule has 86 heavy (non-hydrogen) atoms. The fourth-order valence-electron chi connectivity index (χ4n) is 12.7. The van der Waals surface area contributed by atoms with E-state index in [1.807, 2.05) is 6.08 Å². The fourth-order valence-corrected chi connectivity index (χ4v) is 12.7. The van der Waals surface area contributed by atoms with Gasteiger partial charge in [0.05, 0.1) is 25.4 Å². The Bertz CT molecular complexity index is 1350. The van der Waals surface area contributed by atoms with Crippen molar-refractivity contribution in [1.29, 1.82) is 0 Å². The average molecular weight is 1210 g/mol. The number of hydrogen-bond donors (Lipinski definition) is 3. The van der Waals surface area contributed by atoms with Gasteiger partial charge in [-0.05, 0) is 57.8 Å². The fraction of sp³-hybridized carbons (Fsp3) is 0.925. The molecule has 0 aromatic heterocycles. The van der Waals surface area contributed by atoms with Crippen molar-refractivity contribution < 1.29 is 24.5 Å². The van der Waals surface area contributed by atoms with Crippen LogP contribution in [0.3, 0.4) is 0 Å². The third-order valence-corrected chi connectivity index (χ3v) is 18.7. The van der Waals surface area contributed by atoms with Gasteiger partial charge in [0.2, 0.25) is 5.91 Å². The Kier molecular flexibility index (Phi) is 74.3. The van der Waals surface area contributed by atoms with Crippen molar-refractivity contribution in [2.45, 2.75) is 463 Å². The minimum Gasteiger partial charge on any atom is -0.466 e. The molecule has 0 fully saturated rings. The zero-order valence-electron chi connectivity index (χ0n) is 58.6. The molecular weight excluding hydrogens is 1050 g/mol. The monoisotopic (exact) mass is 1210 g/mol. The zero-order valence-corrected chi connectivity index (χ0v) is 58.6. The van der Waals surface area contributed by atoms with Crippen LogP contribution in [-0.2, 0) is 14.3 Å². The maximum absolute atomic E-state index is 12.6. The van der Waals surface area contributed by atoms with Crippen molar-refractivity contribution in [2.75, 3.05) is 13.2 Å². The van der Waals surface area contributed by atoms with E-state index in [0.29, 0.717) is 19.4 Å². The number of aliphatic hydroxyl groups excluding tert-OH is 2. The molecule has 6 nitrogen and oxygen atoms in total. The normalized spacial score (nSPS) is 12.6. The molecule has 0 rings (SSSR count). The minimum atomic E-state index is -0.843. The van der Waals surface area contributed by atoms with Crippen LogP contribution < -0.4 is 5.32 Å². The Morgan fingerprint density at radius 1 is 0.314 bits per heavy atom. The van der Waals surface area contributed by atoms with Crippen molar-refractivity contribution in [1.82, 2.24) is 5.32 Å².